The molecule has 2 aromatic rings. The lowest BCUT2D eigenvalue weighted by Gasteiger charge is -2.23. The fourth-order valence-electron chi connectivity index (χ4n) is 2.82. The smallest absolute Gasteiger partial charge is 0.340 e. The van der Waals surface area contributed by atoms with Crippen molar-refractivity contribution in [2.75, 3.05) is 30.0 Å². The highest BCUT2D eigenvalue weighted by molar-refractivity contribution is 6.02. The van der Waals surface area contributed by atoms with E-state index in [1.54, 1.807) is 49.4 Å². The third-order valence-electron chi connectivity index (χ3n) is 4.09. The topological polar surface area (TPSA) is 84.9 Å². The van der Waals surface area contributed by atoms with Crippen molar-refractivity contribution < 1.29 is 23.9 Å². The molecule has 0 aromatic heterocycles. The van der Waals surface area contributed by atoms with Crippen LogP contribution in [0, 0.1) is 0 Å². The van der Waals surface area contributed by atoms with Crippen LogP contribution >= 0.6 is 0 Å². The molecule has 2 aromatic carbocycles. The van der Waals surface area contributed by atoms with Crippen molar-refractivity contribution >= 4 is 29.2 Å². The molecule has 0 radical (unpaired) electrons. The third-order valence-corrected chi connectivity index (χ3v) is 4.09. The van der Waals surface area contributed by atoms with Crippen LogP contribution in [-0.2, 0) is 14.3 Å². The van der Waals surface area contributed by atoms with Gasteiger partial charge in [-0.3, -0.25) is 9.59 Å². The number of benzene rings is 2. The second-order valence-electron chi connectivity index (χ2n) is 6.14. The van der Waals surface area contributed by atoms with E-state index in [0.717, 1.165) is 0 Å². The van der Waals surface area contributed by atoms with Crippen LogP contribution in [0.4, 0.5) is 11.4 Å². The standard InChI is InChI=1S/C22H26N2O5/c1-4-28-20-13-9-7-11-18(20)23-21(26)14-15-24(16(3)25)19-12-8-6-10-17(19)22(27)29-5-2/h6-13H,4-5,14-15H2,1-3H3,(H,23,26). The molecule has 0 unspecified atom stereocenters. The van der Waals surface area contributed by atoms with Crippen LogP contribution < -0.4 is 15.0 Å². The maximum absolute atomic E-state index is 12.5. The molecule has 0 aliphatic heterocycles. The summed E-state index contributed by atoms with van der Waals surface area (Å²) < 4.78 is 10.6. The number of amides is 2. The molecular weight excluding hydrogens is 372 g/mol. The number of esters is 1. The Bertz CT molecular complexity index is 866. The van der Waals surface area contributed by atoms with Gasteiger partial charge in [-0.05, 0) is 38.1 Å². The molecule has 0 saturated heterocycles. The molecule has 1 N–H and O–H groups in total. The number of ether oxygens (including phenoxy) is 2. The first-order valence-electron chi connectivity index (χ1n) is 9.53. The minimum Gasteiger partial charge on any atom is -0.492 e. The summed E-state index contributed by atoms with van der Waals surface area (Å²) >= 11 is 0. The lowest BCUT2D eigenvalue weighted by Crippen LogP contribution is -2.33. The van der Waals surface area contributed by atoms with Crippen molar-refractivity contribution in [1.29, 1.82) is 0 Å². The lowest BCUT2D eigenvalue weighted by atomic mass is 10.1. The van der Waals surface area contributed by atoms with E-state index >= 15 is 0 Å². The summed E-state index contributed by atoms with van der Waals surface area (Å²) in [7, 11) is 0. The molecule has 7 heteroatoms. The van der Waals surface area contributed by atoms with E-state index in [2.05, 4.69) is 5.32 Å². The number of anilines is 2. The Kier molecular flexibility index (Phi) is 8.21. The lowest BCUT2D eigenvalue weighted by molar-refractivity contribution is -0.117. The Hall–Kier alpha value is -3.35. The van der Waals surface area contributed by atoms with Gasteiger partial charge in [0.1, 0.15) is 5.75 Å². The van der Waals surface area contributed by atoms with Crippen LogP contribution in [0.3, 0.4) is 0 Å². The number of hydrogen-bond acceptors (Lipinski definition) is 5. The number of rotatable bonds is 9. The van der Waals surface area contributed by atoms with Crippen LogP contribution in [0.1, 0.15) is 37.6 Å². The van der Waals surface area contributed by atoms with E-state index in [9.17, 15) is 14.4 Å². The summed E-state index contributed by atoms with van der Waals surface area (Å²) in [6.07, 6.45) is 0.0528. The number of nitrogens with one attached hydrogen (secondary N) is 1. The van der Waals surface area contributed by atoms with E-state index in [4.69, 9.17) is 9.47 Å². The Morgan fingerprint density at radius 2 is 1.66 bits per heavy atom. The van der Waals surface area contributed by atoms with Gasteiger partial charge in [-0.2, -0.15) is 0 Å². The van der Waals surface area contributed by atoms with Gasteiger partial charge < -0.3 is 19.7 Å². The van der Waals surface area contributed by atoms with Gasteiger partial charge in [-0.25, -0.2) is 4.79 Å². The van der Waals surface area contributed by atoms with Gasteiger partial charge in [-0.1, -0.05) is 24.3 Å². The van der Waals surface area contributed by atoms with Crippen LogP contribution in [0.2, 0.25) is 0 Å². The first-order valence-corrected chi connectivity index (χ1v) is 9.53. The molecule has 0 aliphatic carbocycles. The molecule has 154 valence electrons. The molecule has 0 bridgehead atoms. The average molecular weight is 398 g/mol. The summed E-state index contributed by atoms with van der Waals surface area (Å²) in [5.41, 5.74) is 1.27. The third kappa shape index (κ3) is 6.07. The maximum Gasteiger partial charge on any atom is 0.340 e. The molecule has 0 spiro atoms. The van der Waals surface area contributed by atoms with Gasteiger partial charge in [0.2, 0.25) is 11.8 Å². The van der Waals surface area contributed by atoms with Gasteiger partial charge in [-0.15, -0.1) is 0 Å². The van der Waals surface area contributed by atoms with Gasteiger partial charge >= 0.3 is 5.97 Å². The largest absolute Gasteiger partial charge is 0.492 e. The predicted octanol–water partition coefficient (Wildman–Crippen LogP) is 3.64. The quantitative estimate of drug-likeness (QED) is 0.652. The highest BCUT2D eigenvalue weighted by Crippen LogP contribution is 2.25. The number of hydrogen-bond donors (Lipinski definition) is 1. The zero-order chi connectivity index (χ0) is 21.2. The Balaban J connectivity index is 2.12. The number of carbonyl (C=O) groups excluding carboxylic acids is 3. The summed E-state index contributed by atoms with van der Waals surface area (Å²) in [5, 5.41) is 2.81. The minimum atomic E-state index is -0.510. The number of para-hydroxylation sites is 3. The Morgan fingerprint density at radius 3 is 2.34 bits per heavy atom. The SMILES string of the molecule is CCOC(=O)c1ccccc1N(CCC(=O)Nc1ccccc1OCC)C(C)=O. The van der Waals surface area contributed by atoms with Crippen LogP contribution in [0.15, 0.2) is 48.5 Å². The van der Waals surface area contributed by atoms with Gasteiger partial charge in [0, 0.05) is 19.9 Å². The molecule has 0 heterocycles. The summed E-state index contributed by atoms with van der Waals surface area (Å²) in [4.78, 5) is 38.3. The maximum atomic E-state index is 12.5. The van der Waals surface area contributed by atoms with Crippen molar-refractivity contribution in [3.05, 3.63) is 54.1 Å². The number of carbonyl (C=O) groups is 3. The second kappa shape index (κ2) is 10.8. The highest BCUT2D eigenvalue weighted by Gasteiger charge is 2.21. The zero-order valence-electron chi connectivity index (χ0n) is 16.9. The molecular formula is C22H26N2O5. The molecule has 0 atom stereocenters. The van der Waals surface area contributed by atoms with Gasteiger partial charge in [0.05, 0.1) is 30.2 Å². The van der Waals surface area contributed by atoms with Crippen molar-refractivity contribution in [3.8, 4) is 5.75 Å². The molecule has 2 amide bonds. The molecule has 0 fully saturated rings. The van der Waals surface area contributed by atoms with E-state index in [0.29, 0.717) is 23.7 Å². The normalized spacial score (nSPS) is 10.2. The fraction of sp³-hybridized carbons (Fsp3) is 0.318. The van der Waals surface area contributed by atoms with E-state index in [1.807, 2.05) is 13.0 Å². The number of nitrogens with zero attached hydrogens (tertiary/aromatic N) is 1. The first kappa shape index (κ1) is 21.9. The van der Waals surface area contributed by atoms with Crippen molar-refractivity contribution in [1.82, 2.24) is 0 Å². The molecule has 7 nitrogen and oxygen atoms in total. The second-order valence-corrected chi connectivity index (χ2v) is 6.14. The average Bonchev–Trinajstić information content (AvgIpc) is 2.70. The molecule has 0 aliphatic rings. The molecule has 29 heavy (non-hydrogen) atoms. The van der Waals surface area contributed by atoms with Crippen LogP contribution in [0.25, 0.3) is 0 Å². The van der Waals surface area contributed by atoms with Gasteiger partial charge in [0.25, 0.3) is 0 Å². The summed E-state index contributed by atoms with van der Waals surface area (Å²) in [5.74, 6) is -0.467. The van der Waals surface area contributed by atoms with Crippen molar-refractivity contribution in [3.63, 3.8) is 0 Å². The summed E-state index contributed by atoms with van der Waals surface area (Å²) in [6.45, 7) is 5.81. The van der Waals surface area contributed by atoms with E-state index < -0.39 is 5.97 Å². The highest BCUT2D eigenvalue weighted by atomic mass is 16.5. The zero-order valence-corrected chi connectivity index (χ0v) is 16.9. The Morgan fingerprint density at radius 1 is 0.966 bits per heavy atom. The van der Waals surface area contributed by atoms with Crippen LogP contribution in [0.5, 0.6) is 5.75 Å². The fourth-order valence-corrected chi connectivity index (χ4v) is 2.82. The predicted molar refractivity (Wildman–Crippen MR) is 111 cm³/mol. The van der Waals surface area contributed by atoms with Crippen LogP contribution in [-0.4, -0.2) is 37.5 Å². The minimum absolute atomic E-state index is 0.0528. The molecule has 2 rings (SSSR count). The molecule has 0 saturated carbocycles. The van der Waals surface area contributed by atoms with Gasteiger partial charge in [0.15, 0.2) is 0 Å². The van der Waals surface area contributed by atoms with Crippen molar-refractivity contribution in [2.45, 2.75) is 27.2 Å². The van der Waals surface area contributed by atoms with Crippen molar-refractivity contribution in [2.24, 2.45) is 0 Å². The monoisotopic (exact) mass is 398 g/mol. The first-order chi connectivity index (χ1) is 14.0. The van der Waals surface area contributed by atoms with E-state index in [1.165, 1.54) is 11.8 Å². The summed E-state index contributed by atoms with van der Waals surface area (Å²) in [6, 6.07) is 13.8. The van der Waals surface area contributed by atoms with E-state index in [-0.39, 0.29) is 37.0 Å². The Labute approximate surface area is 170 Å².